The SMILES string of the molecule is Fc1ccc(Br)c(OCCCCCCNC2CC2)c1. The number of nitrogens with one attached hydrogen (secondary N) is 1. The Morgan fingerprint density at radius 3 is 2.79 bits per heavy atom. The van der Waals surface area contributed by atoms with Gasteiger partial charge in [0.2, 0.25) is 0 Å². The quantitative estimate of drug-likeness (QED) is 0.683. The van der Waals surface area contributed by atoms with E-state index in [1.54, 1.807) is 6.07 Å². The van der Waals surface area contributed by atoms with Gasteiger partial charge in [-0.05, 0) is 60.3 Å². The molecule has 0 radical (unpaired) electrons. The number of hydrogen-bond acceptors (Lipinski definition) is 2. The Kier molecular flexibility index (Phi) is 6.11. The molecule has 1 saturated carbocycles. The summed E-state index contributed by atoms with van der Waals surface area (Å²) in [6.07, 6.45) is 7.37. The van der Waals surface area contributed by atoms with Gasteiger partial charge in [0, 0.05) is 12.1 Å². The van der Waals surface area contributed by atoms with E-state index in [2.05, 4.69) is 21.2 Å². The van der Waals surface area contributed by atoms with Crippen molar-refractivity contribution in [3.05, 3.63) is 28.5 Å². The van der Waals surface area contributed by atoms with Crippen molar-refractivity contribution in [1.29, 1.82) is 0 Å². The molecule has 1 fully saturated rings. The molecule has 106 valence electrons. The predicted molar refractivity (Wildman–Crippen MR) is 79.1 cm³/mol. The summed E-state index contributed by atoms with van der Waals surface area (Å²) in [5.74, 6) is 0.333. The fraction of sp³-hybridized carbons (Fsp3) is 0.600. The second kappa shape index (κ2) is 7.85. The zero-order chi connectivity index (χ0) is 13.5. The largest absolute Gasteiger partial charge is 0.492 e. The first kappa shape index (κ1) is 14.8. The summed E-state index contributed by atoms with van der Waals surface area (Å²) in [5.41, 5.74) is 0. The van der Waals surface area contributed by atoms with Crippen LogP contribution in [-0.4, -0.2) is 19.2 Å². The molecule has 19 heavy (non-hydrogen) atoms. The second-order valence-electron chi connectivity index (χ2n) is 5.07. The van der Waals surface area contributed by atoms with Crippen LogP contribution in [0.4, 0.5) is 4.39 Å². The van der Waals surface area contributed by atoms with Crippen molar-refractivity contribution in [2.75, 3.05) is 13.2 Å². The van der Waals surface area contributed by atoms with Crippen LogP contribution in [0.5, 0.6) is 5.75 Å². The standard InChI is InChI=1S/C15H21BrFNO/c16-14-8-5-12(17)11-15(14)19-10-4-2-1-3-9-18-13-6-7-13/h5,8,11,13,18H,1-4,6-7,9-10H2. The second-order valence-corrected chi connectivity index (χ2v) is 5.92. The number of unbranched alkanes of at least 4 members (excludes halogenated alkanes) is 3. The summed E-state index contributed by atoms with van der Waals surface area (Å²) >= 11 is 3.35. The van der Waals surface area contributed by atoms with Crippen LogP contribution < -0.4 is 10.1 Å². The van der Waals surface area contributed by atoms with Gasteiger partial charge < -0.3 is 10.1 Å². The molecule has 0 unspecified atom stereocenters. The van der Waals surface area contributed by atoms with Gasteiger partial charge in [-0.1, -0.05) is 12.8 Å². The molecule has 1 aliphatic rings. The Labute approximate surface area is 122 Å². The number of ether oxygens (including phenoxy) is 1. The molecule has 0 saturated heterocycles. The number of halogens is 2. The van der Waals surface area contributed by atoms with Gasteiger partial charge in [0.1, 0.15) is 11.6 Å². The zero-order valence-corrected chi connectivity index (χ0v) is 12.7. The average molecular weight is 330 g/mol. The van der Waals surface area contributed by atoms with Crippen molar-refractivity contribution in [3.63, 3.8) is 0 Å². The third kappa shape index (κ3) is 5.91. The molecule has 0 aliphatic heterocycles. The van der Waals surface area contributed by atoms with Crippen LogP contribution >= 0.6 is 15.9 Å². The molecular weight excluding hydrogens is 309 g/mol. The molecule has 1 aliphatic carbocycles. The van der Waals surface area contributed by atoms with Crippen molar-refractivity contribution in [1.82, 2.24) is 5.32 Å². The fourth-order valence-electron chi connectivity index (χ4n) is 1.94. The van der Waals surface area contributed by atoms with Crippen LogP contribution in [-0.2, 0) is 0 Å². The van der Waals surface area contributed by atoms with Gasteiger partial charge >= 0.3 is 0 Å². The van der Waals surface area contributed by atoms with Crippen molar-refractivity contribution in [3.8, 4) is 5.75 Å². The molecule has 1 aromatic carbocycles. The maximum Gasteiger partial charge on any atom is 0.136 e. The van der Waals surface area contributed by atoms with E-state index in [0.717, 1.165) is 23.5 Å². The van der Waals surface area contributed by atoms with Gasteiger partial charge in [-0.15, -0.1) is 0 Å². The minimum atomic E-state index is -0.260. The van der Waals surface area contributed by atoms with Crippen molar-refractivity contribution in [2.45, 2.75) is 44.6 Å². The lowest BCUT2D eigenvalue weighted by atomic mass is 10.2. The van der Waals surface area contributed by atoms with Gasteiger partial charge in [0.15, 0.2) is 0 Å². The molecule has 0 aromatic heterocycles. The molecule has 0 amide bonds. The first-order valence-electron chi connectivity index (χ1n) is 7.07. The van der Waals surface area contributed by atoms with Crippen LogP contribution in [0, 0.1) is 5.82 Å². The van der Waals surface area contributed by atoms with E-state index in [4.69, 9.17) is 4.74 Å². The number of hydrogen-bond donors (Lipinski definition) is 1. The van der Waals surface area contributed by atoms with Crippen LogP contribution in [0.2, 0.25) is 0 Å². The van der Waals surface area contributed by atoms with Crippen LogP contribution in [0.3, 0.4) is 0 Å². The Bertz CT molecular complexity index is 396. The summed E-state index contributed by atoms with van der Waals surface area (Å²) in [4.78, 5) is 0. The average Bonchev–Trinajstić information content (AvgIpc) is 3.20. The van der Waals surface area contributed by atoms with E-state index in [0.29, 0.717) is 12.4 Å². The first-order chi connectivity index (χ1) is 9.25. The first-order valence-corrected chi connectivity index (χ1v) is 7.86. The fourth-order valence-corrected chi connectivity index (χ4v) is 2.31. The summed E-state index contributed by atoms with van der Waals surface area (Å²) in [7, 11) is 0. The molecular formula is C15H21BrFNO. The third-order valence-corrected chi connectivity index (χ3v) is 3.89. The normalized spacial score (nSPS) is 14.6. The smallest absolute Gasteiger partial charge is 0.136 e. The monoisotopic (exact) mass is 329 g/mol. The molecule has 0 heterocycles. The predicted octanol–water partition coefficient (Wildman–Crippen LogP) is 4.28. The van der Waals surface area contributed by atoms with E-state index in [9.17, 15) is 4.39 Å². The number of rotatable bonds is 9. The minimum absolute atomic E-state index is 0.260. The van der Waals surface area contributed by atoms with Crippen molar-refractivity contribution in [2.24, 2.45) is 0 Å². The van der Waals surface area contributed by atoms with Gasteiger partial charge in [0.25, 0.3) is 0 Å². The maximum atomic E-state index is 13.0. The molecule has 0 atom stereocenters. The van der Waals surface area contributed by atoms with E-state index < -0.39 is 0 Å². The highest BCUT2D eigenvalue weighted by Gasteiger charge is 2.19. The lowest BCUT2D eigenvalue weighted by molar-refractivity contribution is 0.301. The summed E-state index contributed by atoms with van der Waals surface area (Å²) in [6.45, 7) is 1.79. The highest BCUT2D eigenvalue weighted by Crippen LogP contribution is 2.25. The molecule has 0 bridgehead atoms. The molecule has 1 aromatic rings. The molecule has 2 rings (SSSR count). The van der Waals surface area contributed by atoms with Crippen molar-refractivity contribution < 1.29 is 9.13 Å². The Hall–Kier alpha value is -0.610. The summed E-state index contributed by atoms with van der Waals surface area (Å²) in [6, 6.07) is 5.33. The van der Waals surface area contributed by atoms with Gasteiger partial charge in [-0.2, -0.15) is 0 Å². The summed E-state index contributed by atoms with van der Waals surface area (Å²) in [5, 5.41) is 3.51. The molecule has 0 spiro atoms. The Balaban J connectivity index is 1.49. The highest BCUT2D eigenvalue weighted by molar-refractivity contribution is 9.10. The lowest BCUT2D eigenvalue weighted by Crippen LogP contribution is -2.17. The molecule has 1 N–H and O–H groups in total. The molecule has 4 heteroatoms. The van der Waals surface area contributed by atoms with Gasteiger partial charge in [0.05, 0.1) is 11.1 Å². The summed E-state index contributed by atoms with van der Waals surface area (Å²) < 4.78 is 19.4. The van der Waals surface area contributed by atoms with Crippen LogP contribution in [0.1, 0.15) is 38.5 Å². The van der Waals surface area contributed by atoms with Gasteiger partial charge in [-0.25, -0.2) is 4.39 Å². The highest BCUT2D eigenvalue weighted by atomic mass is 79.9. The topological polar surface area (TPSA) is 21.3 Å². The van der Waals surface area contributed by atoms with E-state index in [1.165, 1.54) is 44.2 Å². The van der Waals surface area contributed by atoms with Crippen LogP contribution in [0.15, 0.2) is 22.7 Å². The lowest BCUT2D eigenvalue weighted by Gasteiger charge is -2.08. The van der Waals surface area contributed by atoms with Crippen molar-refractivity contribution >= 4 is 15.9 Å². The number of benzene rings is 1. The van der Waals surface area contributed by atoms with Crippen LogP contribution in [0.25, 0.3) is 0 Å². The molecule has 2 nitrogen and oxygen atoms in total. The maximum absolute atomic E-state index is 13.0. The Morgan fingerprint density at radius 2 is 2.00 bits per heavy atom. The zero-order valence-electron chi connectivity index (χ0n) is 11.1. The Morgan fingerprint density at radius 1 is 1.21 bits per heavy atom. The minimum Gasteiger partial charge on any atom is -0.492 e. The van der Waals surface area contributed by atoms with E-state index in [1.807, 2.05) is 0 Å². The van der Waals surface area contributed by atoms with E-state index in [-0.39, 0.29) is 5.82 Å². The van der Waals surface area contributed by atoms with E-state index >= 15 is 0 Å². The van der Waals surface area contributed by atoms with Gasteiger partial charge in [-0.3, -0.25) is 0 Å². The third-order valence-electron chi connectivity index (χ3n) is 3.23.